The van der Waals surface area contributed by atoms with Crippen molar-refractivity contribution in [3.63, 3.8) is 0 Å². The normalized spacial score (nSPS) is 14.8. The van der Waals surface area contributed by atoms with Crippen LogP contribution in [0.1, 0.15) is 12.0 Å². The third kappa shape index (κ3) is 3.58. The van der Waals surface area contributed by atoms with Crippen molar-refractivity contribution >= 4 is 9.84 Å². The molecule has 0 bridgehead atoms. The van der Waals surface area contributed by atoms with Crippen molar-refractivity contribution in [3.8, 4) is 0 Å². The maximum absolute atomic E-state index is 14.4. The minimum atomic E-state index is -5.18. The van der Waals surface area contributed by atoms with Crippen LogP contribution in [0.25, 0.3) is 0 Å². The van der Waals surface area contributed by atoms with Crippen LogP contribution in [0.3, 0.4) is 0 Å². The van der Waals surface area contributed by atoms with E-state index in [2.05, 4.69) is 6.58 Å². The molecule has 2 rings (SSSR count). The quantitative estimate of drug-likeness (QED) is 0.420. The summed E-state index contributed by atoms with van der Waals surface area (Å²) in [5.41, 5.74) is -4.38. The predicted molar refractivity (Wildman–Crippen MR) is 81.9 cm³/mol. The van der Waals surface area contributed by atoms with E-state index in [1.54, 1.807) is 0 Å². The zero-order valence-electron chi connectivity index (χ0n) is 12.7. The Bertz CT molecular complexity index is 855. The first-order valence-corrected chi connectivity index (χ1v) is 8.48. The van der Waals surface area contributed by atoms with Crippen LogP contribution < -0.4 is 0 Å². The summed E-state index contributed by atoms with van der Waals surface area (Å²) >= 11 is 0. The summed E-state index contributed by atoms with van der Waals surface area (Å²) in [7, 11) is -4.06. The maximum Gasteiger partial charge on any atom is 0.427 e. The van der Waals surface area contributed by atoms with Gasteiger partial charge in [0.15, 0.2) is 0 Å². The fourth-order valence-electron chi connectivity index (χ4n) is 2.24. The van der Waals surface area contributed by atoms with Crippen LogP contribution in [0, 0.1) is 5.82 Å². The molecule has 0 aromatic heterocycles. The predicted octanol–water partition coefficient (Wildman–Crippen LogP) is 4.96. The molecule has 0 saturated heterocycles. The van der Waals surface area contributed by atoms with Crippen molar-refractivity contribution in [1.29, 1.82) is 0 Å². The number of hydrogen-bond donors (Lipinski definition) is 0. The van der Waals surface area contributed by atoms with Gasteiger partial charge >= 0.3 is 6.18 Å². The minimum Gasteiger partial charge on any atom is -0.228 e. The summed E-state index contributed by atoms with van der Waals surface area (Å²) in [4.78, 5) is -0.555. The molecule has 2 nitrogen and oxygen atoms in total. The van der Waals surface area contributed by atoms with E-state index in [0.29, 0.717) is 0 Å². The Morgan fingerprint density at radius 2 is 1.32 bits per heavy atom. The fraction of sp³-hybridized carbons (Fsp3) is 0.176. The summed E-state index contributed by atoms with van der Waals surface area (Å²) in [5, 5.41) is 0. The summed E-state index contributed by atoms with van der Waals surface area (Å²) in [6, 6.07) is 7.27. The van der Waals surface area contributed by atoms with Gasteiger partial charge in [-0.05, 0) is 42.0 Å². The van der Waals surface area contributed by atoms with Crippen LogP contribution >= 0.6 is 0 Å². The highest BCUT2D eigenvalue weighted by atomic mass is 32.2. The molecule has 2 aromatic carbocycles. The van der Waals surface area contributed by atoms with Crippen molar-refractivity contribution in [3.05, 3.63) is 72.6 Å². The van der Waals surface area contributed by atoms with Gasteiger partial charge in [0.2, 0.25) is 15.5 Å². The van der Waals surface area contributed by atoms with E-state index in [1.807, 2.05) is 0 Å². The lowest BCUT2D eigenvalue weighted by atomic mass is 9.92. The molecule has 0 spiro atoms. The second kappa shape index (κ2) is 6.59. The third-order valence-electron chi connectivity index (χ3n) is 3.62. The summed E-state index contributed by atoms with van der Waals surface area (Å²) in [5.74, 6) is -0.633. The molecule has 0 amide bonds. The van der Waals surface area contributed by atoms with E-state index >= 15 is 0 Å². The molecule has 25 heavy (non-hydrogen) atoms. The number of sulfone groups is 1. The van der Waals surface area contributed by atoms with E-state index in [4.69, 9.17) is 0 Å². The molecule has 1 unspecified atom stereocenters. The Kier molecular flexibility index (Phi) is 5.04. The summed E-state index contributed by atoms with van der Waals surface area (Å²) in [6.45, 7) is 3.12. The first-order chi connectivity index (χ1) is 11.5. The lowest BCUT2D eigenvalue weighted by Crippen LogP contribution is -2.37. The maximum atomic E-state index is 14.4. The van der Waals surface area contributed by atoms with Gasteiger partial charge < -0.3 is 0 Å². The topological polar surface area (TPSA) is 34.1 Å². The summed E-state index contributed by atoms with van der Waals surface area (Å²) in [6.07, 6.45) is -5.38. The van der Waals surface area contributed by atoms with Gasteiger partial charge in [0.1, 0.15) is 5.82 Å². The standard InChI is InChI=1S/C17H13F5O2S/c1-2-11-16(19,17(20,21)22)12-3-7-14(8-4-12)25(23,24)15-9-5-13(18)6-10-15/h2-10H,1,11H2. The molecule has 0 radical (unpaired) electrons. The Labute approximate surface area is 141 Å². The number of halogens is 5. The van der Waals surface area contributed by atoms with Crippen LogP contribution in [0.15, 0.2) is 71.0 Å². The first-order valence-electron chi connectivity index (χ1n) is 7.00. The number of benzene rings is 2. The number of alkyl halides is 4. The lowest BCUT2D eigenvalue weighted by Gasteiger charge is -2.27. The highest BCUT2D eigenvalue weighted by molar-refractivity contribution is 7.91. The zero-order chi connectivity index (χ0) is 18.9. The zero-order valence-corrected chi connectivity index (χ0v) is 13.5. The highest BCUT2D eigenvalue weighted by Gasteiger charge is 2.56. The molecular formula is C17H13F5O2S. The second-order valence-electron chi connectivity index (χ2n) is 5.27. The van der Waals surface area contributed by atoms with Gasteiger partial charge in [0, 0.05) is 6.42 Å². The van der Waals surface area contributed by atoms with Crippen LogP contribution in [0.2, 0.25) is 0 Å². The largest absolute Gasteiger partial charge is 0.427 e. The molecule has 1 atom stereocenters. The molecule has 8 heteroatoms. The average Bonchev–Trinajstić information content (AvgIpc) is 2.54. The molecule has 0 fully saturated rings. The van der Waals surface area contributed by atoms with Crippen molar-refractivity contribution in [2.45, 2.75) is 28.1 Å². The Morgan fingerprint density at radius 1 is 0.880 bits per heavy atom. The van der Waals surface area contributed by atoms with Gasteiger partial charge in [-0.25, -0.2) is 17.2 Å². The van der Waals surface area contributed by atoms with Crippen LogP contribution in [0.5, 0.6) is 0 Å². The second-order valence-corrected chi connectivity index (χ2v) is 7.22. The Morgan fingerprint density at radius 3 is 1.72 bits per heavy atom. The molecule has 0 saturated carbocycles. The van der Waals surface area contributed by atoms with E-state index in [9.17, 15) is 30.4 Å². The van der Waals surface area contributed by atoms with Crippen LogP contribution in [-0.2, 0) is 15.5 Å². The van der Waals surface area contributed by atoms with E-state index in [0.717, 1.165) is 54.6 Å². The van der Waals surface area contributed by atoms with Gasteiger partial charge in [-0.15, -0.1) is 6.58 Å². The van der Waals surface area contributed by atoms with Gasteiger partial charge in [0.05, 0.1) is 9.79 Å². The summed E-state index contributed by atoms with van der Waals surface area (Å²) < 4.78 is 91.2. The minimum absolute atomic E-state index is 0.227. The Hall–Kier alpha value is -2.22. The lowest BCUT2D eigenvalue weighted by molar-refractivity contribution is -0.234. The monoisotopic (exact) mass is 376 g/mol. The molecule has 0 aliphatic rings. The highest BCUT2D eigenvalue weighted by Crippen LogP contribution is 2.45. The van der Waals surface area contributed by atoms with E-state index in [1.165, 1.54) is 0 Å². The van der Waals surface area contributed by atoms with Crippen molar-refractivity contribution in [2.24, 2.45) is 0 Å². The van der Waals surface area contributed by atoms with E-state index in [-0.39, 0.29) is 9.79 Å². The molecule has 134 valence electrons. The van der Waals surface area contributed by atoms with E-state index < -0.39 is 39.5 Å². The van der Waals surface area contributed by atoms with Gasteiger partial charge in [-0.3, -0.25) is 0 Å². The molecule has 0 N–H and O–H groups in total. The third-order valence-corrected chi connectivity index (χ3v) is 5.41. The van der Waals surface area contributed by atoms with Crippen molar-refractivity contribution in [2.75, 3.05) is 0 Å². The van der Waals surface area contributed by atoms with Gasteiger partial charge in [0.25, 0.3) is 0 Å². The van der Waals surface area contributed by atoms with Gasteiger partial charge in [-0.1, -0.05) is 18.2 Å². The number of allylic oxidation sites excluding steroid dienone is 1. The SMILES string of the molecule is C=CCC(F)(c1ccc(S(=O)(=O)c2ccc(F)cc2)cc1)C(F)(F)F. The van der Waals surface area contributed by atoms with Crippen LogP contribution in [-0.4, -0.2) is 14.6 Å². The number of hydrogen-bond acceptors (Lipinski definition) is 2. The molecular weight excluding hydrogens is 363 g/mol. The smallest absolute Gasteiger partial charge is 0.228 e. The average molecular weight is 376 g/mol. The van der Waals surface area contributed by atoms with Crippen molar-refractivity contribution in [1.82, 2.24) is 0 Å². The fourth-order valence-corrected chi connectivity index (χ4v) is 3.51. The first kappa shape index (κ1) is 19.1. The molecule has 0 aliphatic heterocycles. The number of rotatable bonds is 5. The van der Waals surface area contributed by atoms with Crippen LogP contribution in [0.4, 0.5) is 22.0 Å². The Balaban J connectivity index is 2.45. The van der Waals surface area contributed by atoms with Crippen molar-refractivity contribution < 1.29 is 30.4 Å². The molecule has 0 aliphatic carbocycles. The molecule has 0 heterocycles. The molecule has 2 aromatic rings. The van der Waals surface area contributed by atoms with Gasteiger partial charge in [-0.2, -0.15) is 13.2 Å².